The van der Waals surface area contributed by atoms with E-state index in [4.69, 9.17) is 23.2 Å². The van der Waals surface area contributed by atoms with Crippen molar-refractivity contribution in [1.82, 2.24) is 20.8 Å². The maximum absolute atomic E-state index is 12.5. The predicted octanol–water partition coefficient (Wildman–Crippen LogP) is 2.85. The summed E-state index contributed by atoms with van der Waals surface area (Å²) in [6, 6.07) is 5.12. The molecule has 2 aromatic rings. The quantitative estimate of drug-likeness (QED) is 0.805. The van der Waals surface area contributed by atoms with Gasteiger partial charge in [-0.05, 0) is 18.6 Å². The molecule has 0 fully saturated rings. The van der Waals surface area contributed by atoms with Gasteiger partial charge in [0.25, 0.3) is 5.91 Å². The van der Waals surface area contributed by atoms with Crippen LogP contribution in [0.15, 0.2) is 18.2 Å². The van der Waals surface area contributed by atoms with Crippen LogP contribution >= 0.6 is 23.2 Å². The van der Waals surface area contributed by atoms with Gasteiger partial charge in [0.05, 0.1) is 16.1 Å². The van der Waals surface area contributed by atoms with Crippen molar-refractivity contribution in [2.45, 2.75) is 25.9 Å². The van der Waals surface area contributed by atoms with Crippen LogP contribution < -0.4 is 10.6 Å². The second-order valence-electron chi connectivity index (χ2n) is 5.29. The van der Waals surface area contributed by atoms with Crippen molar-refractivity contribution < 1.29 is 4.79 Å². The van der Waals surface area contributed by atoms with Gasteiger partial charge in [-0.2, -0.15) is 5.10 Å². The first-order valence-corrected chi connectivity index (χ1v) is 7.85. The van der Waals surface area contributed by atoms with Gasteiger partial charge in [-0.15, -0.1) is 0 Å². The van der Waals surface area contributed by atoms with E-state index in [1.165, 1.54) is 0 Å². The van der Waals surface area contributed by atoms with E-state index < -0.39 is 0 Å². The standard InChI is InChI=1S/C15H16Cl2N4O/c1-8(9-3-2-4-11(16)13(9)17)19-15(22)14-10-7-18-6-5-12(10)20-21-14/h2-4,8,18H,5-7H2,1H3,(H,19,22)(H,20,21). The lowest BCUT2D eigenvalue weighted by atomic mass is 10.1. The van der Waals surface area contributed by atoms with Gasteiger partial charge in [0, 0.05) is 30.8 Å². The fourth-order valence-corrected chi connectivity index (χ4v) is 3.08. The number of nitrogens with zero attached hydrogens (tertiary/aromatic N) is 1. The van der Waals surface area contributed by atoms with Gasteiger partial charge < -0.3 is 10.6 Å². The molecule has 2 heterocycles. The molecule has 1 aromatic carbocycles. The Morgan fingerprint density at radius 3 is 3.05 bits per heavy atom. The molecule has 0 radical (unpaired) electrons. The minimum atomic E-state index is -0.261. The molecule has 116 valence electrons. The van der Waals surface area contributed by atoms with Gasteiger partial charge in [0.2, 0.25) is 0 Å². The second-order valence-corrected chi connectivity index (χ2v) is 6.08. The summed E-state index contributed by atoms with van der Waals surface area (Å²) in [6.45, 7) is 3.42. The molecule has 1 atom stereocenters. The highest BCUT2D eigenvalue weighted by molar-refractivity contribution is 6.42. The van der Waals surface area contributed by atoms with Gasteiger partial charge >= 0.3 is 0 Å². The Morgan fingerprint density at radius 1 is 1.41 bits per heavy atom. The number of nitrogens with one attached hydrogen (secondary N) is 3. The van der Waals surface area contributed by atoms with Crippen LogP contribution in [-0.2, 0) is 13.0 Å². The Bertz CT molecular complexity index is 714. The highest BCUT2D eigenvalue weighted by Gasteiger charge is 2.23. The highest BCUT2D eigenvalue weighted by atomic mass is 35.5. The lowest BCUT2D eigenvalue weighted by Gasteiger charge is -2.17. The van der Waals surface area contributed by atoms with Crippen LogP contribution in [0.5, 0.6) is 0 Å². The molecule has 1 aliphatic heterocycles. The highest BCUT2D eigenvalue weighted by Crippen LogP contribution is 2.30. The summed E-state index contributed by atoms with van der Waals surface area (Å²) in [5, 5.41) is 14.2. The average molecular weight is 339 g/mol. The molecule has 7 heteroatoms. The molecule has 0 bridgehead atoms. The molecule has 0 saturated heterocycles. The monoisotopic (exact) mass is 338 g/mol. The van der Waals surface area contributed by atoms with Crippen molar-refractivity contribution in [1.29, 1.82) is 0 Å². The summed E-state index contributed by atoms with van der Waals surface area (Å²) in [4.78, 5) is 12.5. The minimum absolute atomic E-state index is 0.218. The third kappa shape index (κ3) is 2.84. The number of aromatic amines is 1. The molecule has 3 rings (SSSR count). The molecule has 1 unspecified atom stereocenters. The number of aromatic nitrogens is 2. The molecule has 22 heavy (non-hydrogen) atoms. The molecule has 5 nitrogen and oxygen atoms in total. The average Bonchev–Trinajstić information content (AvgIpc) is 2.94. The van der Waals surface area contributed by atoms with Gasteiger partial charge in [-0.1, -0.05) is 35.3 Å². The lowest BCUT2D eigenvalue weighted by Crippen LogP contribution is -2.30. The first kappa shape index (κ1) is 15.3. The first-order chi connectivity index (χ1) is 10.6. The SMILES string of the molecule is CC(NC(=O)c1n[nH]c2c1CNCC2)c1cccc(Cl)c1Cl. The third-order valence-corrected chi connectivity index (χ3v) is 4.65. The number of carbonyl (C=O) groups is 1. The van der Waals surface area contributed by atoms with Crippen LogP contribution in [-0.4, -0.2) is 22.6 Å². The van der Waals surface area contributed by atoms with E-state index in [9.17, 15) is 4.79 Å². The molecule has 1 amide bonds. The smallest absolute Gasteiger partial charge is 0.272 e. The van der Waals surface area contributed by atoms with Crippen LogP contribution in [0.4, 0.5) is 0 Å². The number of fused-ring (bicyclic) bond motifs is 1. The second kappa shape index (κ2) is 6.28. The molecule has 0 saturated carbocycles. The fraction of sp³-hybridized carbons (Fsp3) is 0.333. The molecule has 0 aliphatic carbocycles. The number of benzene rings is 1. The van der Waals surface area contributed by atoms with Crippen LogP contribution in [0.1, 0.15) is 40.3 Å². The number of amides is 1. The van der Waals surface area contributed by atoms with Gasteiger partial charge in [0.15, 0.2) is 5.69 Å². The zero-order valence-corrected chi connectivity index (χ0v) is 13.6. The first-order valence-electron chi connectivity index (χ1n) is 7.09. The maximum Gasteiger partial charge on any atom is 0.272 e. The van der Waals surface area contributed by atoms with Crippen LogP contribution in [0.2, 0.25) is 10.0 Å². The van der Waals surface area contributed by atoms with Crippen LogP contribution in [0.25, 0.3) is 0 Å². The Hall–Kier alpha value is -1.56. The number of rotatable bonds is 3. The lowest BCUT2D eigenvalue weighted by molar-refractivity contribution is 0.0933. The van der Waals surface area contributed by atoms with E-state index in [0.29, 0.717) is 22.3 Å². The summed E-state index contributed by atoms with van der Waals surface area (Å²) < 4.78 is 0. The van der Waals surface area contributed by atoms with Crippen molar-refractivity contribution in [3.8, 4) is 0 Å². The number of hydrogen-bond donors (Lipinski definition) is 3. The Morgan fingerprint density at radius 2 is 2.23 bits per heavy atom. The van der Waals surface area contributed by atoms with Crippen LogP contribution in [0.3, 0.4) is 0 Å². The summed E-state index contributed by atoms with van der Waals surface area (Å²) in [6.07, 6.45) is 0.852. The van der Waals surface area contributed by atoms with E-state index in [0.717, 1.165) is 29.8 Å². The zero-order chi connectivity index (χ0) is 15.7. The van der Waals surface area contributed by atoms with Gasteiger partial charge in [-0.25, -0.2) is 0 Å². The van der Waals surface area contributed by atoms with Crippen LogP contribution in [0, 0.1) is 0 Å². The Balaban J connectivity index is 1.79. The molecule has 1 aromatic heterocycles. The van der Waals surface area contributed by atoms with E-state index >= 15 is 0 Å². The third-order valence-electron chi connectivity index (χ3n) is 3.82. The normalized spacial score (nSPS) is 15.2. The fourth-order valence-electron chi connectivity index (χ4n) is 2.61. The maximum atomic E-state index is 12.5. The number of halogens is 2. The number of H-pyrrole nitrogens is 1. The number of carbonyl (C=O) groups excluding carboxylic acids is 1. The topological polar surface area (TPSA) is 69.8 Å². The van der Waals surface area contributed by atoms with Crippen molar-refractivity contribution >= 4 is 29.1 Å². The largest absolute Gasteiger partial charge is 0.344 e. The Kier molecular flexibility index (Phi) is 4.38. The van der Waals surface area contributed by atoms with Crippen molar-refractivity contribution in [3.05, 3.63) is 50.8 Å². The molecule has 3 N–H and O–H groups in total. The van der Waals surface area contributed by atoms with Crippen molar-refractivity contribution in [2.75, 3.05) is 6.54 Å². The summed E-state index contributed by atoms with van der Waals surface area (Å²) >= 11 is 12.2. The molecule has 0 spiro atoms. The van der Waals surface area contributed by atoms with Crippen molar-refractivity contribution in [3.63, 3.8) is 0 Å². The minimum Gasteiger partial charge on any atom is -0.344 e. The summed E-state index contributed by atoms with van der Waals surface area (Å²) in [5.74, 6) is -0.218. The van der Waals surface area contributed by atoms with E-state index in [2.05, 4.69) is 20.8 Å². The molecular weight excluding hydrogens is 323 g/mol. The summed E-state index contributed by atoms with van der Waals surface area (Å²) in [5.41, 5.74) is 3.18. The van der Waals surface area contributed by atoms with Crippen molar-refractivity contribution in [2.24, 2.45) is 0 Å². The predicted molar refractivity (Wildman–Crippen MR) is 86.3 cm³/mol. The Labute approximate surface area is 138 Å². The van der Waals surface area contributed by atoms with E-state index in [1.807, 2.05) is 19.1 Å². The summed E-state index contributed by atoms with van der Waals surface area (Å²) in [7, 11) is 0. The van der Waals surface area contributed by atoms with Gasteiger partial charge in [0.1, 0.15) is 0 Å². The van der Waals surface area contributed by atoms with E-state index in [-0.39, 0.29) is 11.9 Å². The molecule has 1 aliphatic rings. The zero-order valence-electron chi connectivity index (χ0n) is 12.0. The molecular formula is C15H16Cl2N4O. The number of hydrogen-bond acceptors (Lipinski definition) is 3. The van der Waals surface area contributed by atoms with Gasteiger partial charge in [-0.3, -0.25) is 9.89 Å². The van der Waals surface area contributed by atoms with E-state index in [1.54, 1.807) is 6.07 Å².